The fourth-order valence-electron chi connectivity index (χ4n) is 2.41. The van der Waals surface area contributed by atoms with Crippen molar-refractivity contribution in [3.63, 3.8) is 0 Å². The summed E-state index contributed by atoms with van der Waals surface area (Å²) < 4.78 is 18.1. The van der Waals surface area contributed by atoms with E-state index in [1.165, 1.54) is 23.5 Å². The second-order valence-electron chi connectivity index (χ2n) is 5.83. The van der Waals surface area contributed by atoms with Crippen molar-refractivity contribution in [2.75, 3.05) is 11.9 Å². The third-order valence-electron chi connectivity index (χ3n) is 3.79. The molecule has 5 nitrogen and oxygen atoms in total. The Hall–Kier alpha value is -3.50. The molecule has 3 rings (SSSR count). The number of hydrogen-bond acceptors (Lipinski definition) is 5. The Morgan fingerprint density at radius 1 is 1.04 bits per heavy atom. The molecular weight excluding hydrogens is 379 g/mol. The van der Waals surface area contributed by atoms with Gasteiger partial charge in [-0.25, -0.2) is 9.18 Å². The van der Waals surface area contributed by atoms with Gasteiger partial charge in [0.2, 0.25) is 0 Å². The summed E-state index contributed by atoms with van der Waals surface area (Å²) in [4.78, 5) is 25.2. The van der Waals surface area contributed by atoms with Crippen LogP contribution in [0.3, 0.4) is 0 Å². The molecule has 0 aliphatic heterocycles. The van der Waals surface area contributed by atoms with Gasteiger partial charge < -0.3 is 10.1 Å². The van der Waals surface area contributed by atoms with E-state index in [1.54, 1.807) is 48.5 Å². The monoisotopic (exact) mass is 394 g/mol. The number of amides is 1. The van der Waals surface area contributed by atoms with E-state index in [4.69, 9.17) is 10.00 Å². The van der Waals surface area contributed by atoms with Gasteiger partial charge in [0.05, 0.1) is 12.5 Å². The van der Waals surface area contributed by atoms with Crippen molar-refractivity contribution < 1.29 is 18.7 Å². The van der Waals surface area contributed by atoms with E-state index in [0.717, 1.165) is 16.0 Å². The molecule has 0 bridgehead atoms. The maximum Gasteiger partial charge on any atom is 0.348 e. The van der Waals surface area contributed by atoms with Gasteiger partial charge in [-0.15, -0.1) is 11.3 Å². The first-order chi connectivity index (χ1) is 13.5. The summed E-state index contributed by atoms with van der Waals surface area (Å²) in [6, 6.07) is 18.2. The zero-order chi connectivity index (χ0) is 19.9. The standard InChI is InChI=1S/C21H15FN2O3S/c22-16-5-3-15(4-6-16)18-9-10-19(28-18)21(26)27-13-20(25)24-17-7-1-14(2-8-17)11-12-23/h1-10H,11,13H2,(H,24,25). The molecule has 0 aliphatic carbocycles. The summed E-state index contributed by atoms with van der Waals surface area (Å²) in [6.07, 6.45) is 0.298. The second-order valence-corrected chi connectivity index (χ2v) is 6.91. The maximum absolute atomic E-state index is 13.0. The van der Waals surface area contributed by atoms with Crippen LogP contribution in [0.4, 0.5) is 10.1 Å². The minimum atomic E-state index is -0.599. The number of thiophene rings is 1. The predicted molar refractivity (Wildman–Crippen MR) is 104 cm³/mol. The number of nitrogens with one attached hydrogen (secondary N) is 1. The fourth-order valence-corrected chi connectivity index (χ4v) is 3.32. The molecule has 0 saturated carbocycles. The molecule has 7 heteroatoms. The molecule has 0 aliphatic rings. The van der Waals surface area contributed by atoms with E-state index in [2.05, 4.69) is 5.32 Å². The third kappa shape index (κ3) is 5.02. The molecule has 1 heterocycles. The van der Waals surface area contributed by atoms with Crippen molar-refractivity contribution in [3.05, 3.63) is 76.9 Å². The number of halogens is 1. The molecule has 140 valence electrons. The van der Waals surface area contributed by atoms with E-state index < -0.39 is 18.5 Å². The Labute approximate surface area is 165 Å². The van der Waals surface area contributed by atoms with Gasteiger partial charge in [0.1, 0.15) is 10.7 Å². The lowest BCUT2D eigenvalue weighted by atomic mass is 10.1. The molecule has 1 N–H and O–H groups in total. The summed E-state index contributed by atoms with van der Waals surface area (Å²) >= 11 is 1.21. The van der Waals surface area contributed by atoms with Crippen LogP contribution in [0, 0.1) is 17.1 Å². The molecule has 0 radical (unpaired) electrons. The highest BCUT2D eigenvalue weighted by molar-refractivity contribution is 7.17. The van der Waals surface area contributed by atoms with E-state index >= 15 is 0 Å². The molecule has 0 unspecified atom stereocenters. The summed E-state index contributed by atoms with van der Waals surface area (Å²) in [7, 11) is 0. The van der Waals surface area contributed by atoms with Crippen LogP contribution in [-0.2, 0) is 16.0 Å². The summed E-state index contributed by atoms with van der Waals surface area (Å²) in [5, 5.41) is 11.3. The van der Waals surface area contributed by atoms with Crippen molar-refractivity contribution in [3.8, 4) is 16.5 Å². The lowest BCUT2D eigenvalue weighted by Crippen LogP contribution is -2.20. The van der Waals surface area contributed by atoms with Crippen LogP contribution in [0.2, 0.25) is 0 Å². The number of nitriles is 1. The Morgan fingerprint density at radius 3 is 2.43 bits per heavy atom. The van der Waals surface area contributed by atoms with E-state index in [1.807, 2.05) is 6.07 Å². The zero-order valence-electron chi connectivity index (χ0n) is 14.6. The number of rotatable bonds is 6. The zero-order valence-corrected chi connectivity index (χ0v) is 15.5. The minimum absolute atomic E-state index is 0.298. The van der Waals surface area contributed by atoms with Gasteiger partial charge in [0, 0.05) is 10.6 Å². The molecule has 3 aromatic rings. The van der Waals surface area contributed by atoms with E-state index in [0.29, 0.717) is 17.0 Å². The van der Waals surface area contributed by atoms with Gasteiger partial charge in [0.25, 0.3) is 5.91 Å². The van der Waals surface area contributed by atoms with Crippen molar-refractivity contribution >= 4 is 28.9 Å². The number of ether oxygens (including phenoxy) is 1. The summed E-state index contributed by atoms with van der Waals surface area (Å²) in [5.41, 5.74) is 2.20. The van der Waals surface area contributed by atoms with E-state index in [9.17, 15) is 14.0 Å². The molecule has 1 amide bonds. The maximum atomic E-state index is 13.0. The number of carbonyl (C=O) groups excluding carboxylic acids is 2. The van der Waals surface area contributed by atoms with Gasteiger partial charge in [-0.3, -0.25) is 4.79 Å². The van der Waals surface area contributed by atoms with Gasteiger partial charge in [0.15, 0.2) is 6.61 Å². The van der Waals surface area contributed by atoms with Crippen LogP contribution in [-0.4, -0.2) is 18.5 Å². The number of benzene rings is 2. The van der Waals surface area contributed by atoms with Crippen molar-refractivity contribution in [2.45, 2.75) is 6.42 Å². The van der Waals surface area contributed by atoms with Crippen LogP contribution in [0.15, 0.2) is 60.7 Å². The van der Waals surface area contributed by atoms with Crippen LogP contribution >= 0.6 is 11.3 Å². The smallest absolute Gasteiger partial charge is 0.348 e. The fraction of sp³-hybridized carbons (Fsp3) is 0.0952. The lowest BCUT2D eigenvalue weighted by Gasteiger charge is -2.06. The number of hydrogen-bond donors (Lipinski definition) is 1. The number of esters is 1. The average Bonchev–Trinajstić information content (AvgIpc) is 3.19. The lowest BCUT2D eigenvalue weighted by molar-refractivity contribution is -0.119. The second kappa shape index (κ2) is 8.93. The molecule has 1 aromatic heterocycles. The minimum Gasteiger partial charge on any atom is -0.451 e. The Morgan fingerprint density at radius 2 is 1.75 bits per heavy atom. The first-order valence-corrected chi connectivity index (χ1v) is 9.15. The predicted octanol–water partition coefficient (Wildman–Crippen LogP) is 4.42. The number of nitrogens with zero attached hydrogens (tertiary/aromatic N) is 1. The van der Waals surface area contributed by atoms with E-state index in [-0.39, 0.29) is 5.82 Å². The highest BCUT2D eigenvalue weighted by Crippen LogP contribution is 2.28. The molecule has 0 atom stereocenters. The average molecular weight is 394 g/mol. The summed E-state index contributed by atoms with van der Waals surface area (Å²) in [6.45, 7) is -0.414. The molecule has 28 heavy (non-hydrogen) atoms. The van der Waals surface area contributed by atoms with Gasteiger partial charge in [-0.1, -0.05) is 24.3 Å². The van der Waals surface area contributed by atoms with Crippen molar-refractivity contribution in [2.24, 2.45) is 0 Å². The summed E-state index contributed by atoms with van der Waals surface area (Å²) in [5.74, 6) is -1.39. The number of carbonyl (C=O) groups is 2. The molecule has 0 fully saturated rings. The SMILES string of the molecule is N#CCc1ccc(NC(=O)COC(=O)c2ccc(-c3ccc(F)cc3)s2)cc1. The topological polar surface area (TPSA) is 79.2 Å². The molecule has 0 saturated heterocycles. The van der Waals surface area contributed by atoms with Gasteiger partial charge in [-0.2, -0.15) is 5.26 Å². The first-order valence-electron chi connectivity index (χ1n) is 8.34. The molecular formula is C21H15FN2O3S. The largest absolute Gasteiger partial charge is 0.451 e. The Balaban J connectivity index is 1.53. The third-order valence-corrected chi connectivity index (χ3v) is 4.91. The van der Waals surface area contributed by atoms with Gasteiger partial charge in [-0.05, 0) is 47.5 Å². The Kier molecular flexibility index (Phi) is 6.14. The van der Waals surface area contributed by atoms with Crippen molar-refractivity contribution in [1.29, 1.82) is 5.26 Å². The van der Waals surface area contributed by atoms with Crippen LogP contribution < -0.4 is 5.32 Å². The van der Waals surface area contributed by atoms with Crippen molar-refractivity contribution in [1.82, 2.24) is 0 Å². The van der Waals surface area contributed by atoms with Crippen LogP contribution in [0.25, 0.3) is 10.4 Å². The highest BCUT2D eigenvalue weighted by Gasteiger charge is 2.14. The number of anilines is 1. The van der Waals surface area contributed by atoms with Crippen LogP contribution in [0.5, 0.6) is 0 Å². The molecule has 2 aromatic carbocycles. The first kappa shape index (κ1) is 19.3. The Bertz CT molecular complexity index is 1020. The highest BCUT2D eigenvalue weighted by atomic mass is 32.1. The van der Waals surface area contributed by atoms with Gasteiger partial charge >= 0.3 is 5.97 Å². The van der Waals surface area contributed by atoms with Crippen LogP contribution in [0.1, 0.15) is 15.2 Å². The normalized spacial score (nSPS) is 10.1. The quantitative estimate of drug-likeness (QED) is 0.628. The molecule has 0 spiro atoms.